The van der Waals surface area contributed by atoms with Crippen LogP contribution < -0.4 is 5.32 Å². The number of aromatic nitrogens is 3. The third-order valence-electron chi connectivity index (χ3n) is 7.02. The molecule has 2 saturated heterocycles. The van der Waals surface area contributed by atoms with E-state index in [9.17, 15) is 0 Å². The van der Waals surface area contributed by atoms with Gasteiger partial charge in [-0.2, -0.15) is 0 Å². The fourth-order valence-corrected chi connectivity index (χ4v) is 5.77. The molecule has 2 aromatic heterocycles. The molecule has 6 rings (SSSR count). The first kappa shape index (κ1) is 17.4. The molecule has 3 aliphatic rings. The van der Waals surface area contributed by atoms with E-state index < -0.39 is 0 Å². The van der Waals surface area contributed by atoms with Gasteiger partial charge in [0.25, 0.3) is 0 Å². The van der Waals surface area contributed by atoms with Crippen molar-refractivity contribution < 1.29 is 4.74 Å². The van der Waals surface area contributed by atoms with Crippen LogP contribution in [0.4, 0.5) is 5.82 Å². The van der Waals surface area contributed by atoms with Gasteiger partial charge in [0.2, 0.25) is 0 Å². The van der Waals surface area contributed by atoms with Gasteiger partial charge in [-0.25, -0.2) is 9.97 Å². The molecule has 4 heterocycles. The van der Waals surface area contributed by atoms with Gasteiger partial charge in [0, 0.05) is 23.8 Å². The van der Waals surface area contributed by atoms with Crippen LogP contribution in [-0.2, 0) is 11.2 Å². The van der Waals surface area contributed by atoms with Crippen molar-refractivity contribution in [3.05, 3.63) is 53.5 Å². The van der Waals surface area contributed by atoms with E-state index in [1.165, 1.54) is 30.4 Å². The minimum atomic E-state index is 0.217. The largest absolute Gasteiger partial charge is 0.378 e. The number of aryl methyl sites for hydroxylation is 2. The summed E-state index contributed by atoms with van der Waals surface area (Å²) >= 11 is 0. The zero-order chi connectivity index (χ0) is 19.4. The maximum atomic E-state index is 5.87. The second-order valence-corrected chi connectivity index (χ2v) is 8.73. The van der Waals surface area contributed by atoms with E-state index in [4.69, 9.17) is 4.74 Å². The molecule has 2 fully saturated rings. The highest BCUT2D eigenvalue weighted by atomic mass is 16.5. The molecular formula is C23H27N5O. The van der Waals surface area contributed by atoms with Crippen LogP contribution in [-0.4, -0.2) is 51.2 Å². The Kier molecular flexibility index (Phi) is 4.09. The van der Waals surface area contributed by atoms with E-state index in [2.05, 4.69) is 62.4 Å². The van der Waals surface area contributed by atoms with Gasteiger partial charge >= 0.3 is 0 Å². The lowest BCUT2D eigenvalue weighted by Gasteiger charge is -2.46. The summed E-state index contributed by atoms with van der Waals surface area (Å²) in [5.74, 6) is 0.923. The average Bonchev–Trinajstić information content (AvgIpc) is 3.24. The number of benzene rings is 1. The Hall–Kier alpha value is -2.44. The van der Waals surface area contributed by atoms with Crippen LogP contribution in [0.5, 0.6) is 0 Å². The van der Waals surface area contributed by atoms with Gasteiger partial charge < -0.3 is 15.0 Å². The SMILES string of the molecule is Cc1cc2c(N[C@H]3c4ccccc4CC[C@@H]3N3C4CCC3COC4)ncnc2[nH]1. The predicted octanol–water partition coefficient (Wildman–Crippen LogP) is 3.60. The van der Waals surface area contributed by atoms with Crippen molar-refractivity contribution in [1.82, 2.24) is 19.9 Å². The molecule has 2 unspecified atom stereocenters. The molecule has 3 aromatic rings. The van der Waals surface area contributed by atoms with E-state index in [1.54, 1.807) is 6.33 Å². The summed E-state index contributed by atoms with van der Waals surface area (Å²) < 4.78 is 5.87. The summed E-state index contributed by atoms with van der Waals surface area (Å²) in [6.45, 7) is 3.81. The first-order valence-corrected chi connectivity index (χ1v) is 10.8. The number of nitrogens with one attached hydrogen (secondary N) is 2. The number of hydrogen-bond donors (Lipinski definition) is 2. The average molecular weight is 390 g/mol. The lowest BCUT2D eigenvalue weighted by molar-refractivity contribution is -0.0431. The van der Waals surface area contributed by atoms with Crippen LogP contribution in [0.15, 0.2) is 36.7 Å². The van der Waals surface area contributed by atoms with Crippen molar-refractivity contribution in [2.45, 2.75) is 56.8 Å². The van der Waals surface area contributed by atoms with E-state index >= 15 is 0 Å². The summed E-state index contributed by atoms with van der Waals surface area (Å²) in [7, 11) is 0. The van der Waals surface area contributed by atoms with E-state index in [-0.39, 0.29) is 6.04 Å². The highest BCUT2D eigenvalue weighted by Crippen LogP contribution is 2.42. The van der Waals surface area contributed by atoms with Gasteiger partial charge in [-0.05, 0) is 49.8 Å². The highest BCUT2D eigenvalue weighted by molar-refractivity contribution is 5.87. The molecule has 29 heavy (non-hydrogen) atoms. The highest BCUT2D eigenvalue weighted by Gasteiger charge is 2.45. The number of anilines is 1. The van der Waals surface area contributed by atoms with Gasteiger partial charge in [-0.15, -0.1) is 0 Å². The number of hydrogen-bond acceptors (Lipinski definition) is 5. The molecule has 0 amide bonds. The van der Waals surface area contributed by atoms with Crippen molar-refractivity contribution in [2.24, 2.45) is 0 Å². The third kappa shape index (κ3) is 2.85. The molecule has 2 N–H and O–H groups in total. The molecule has 0 radical (unpaired) electrons. The Bertz CT molecular complexity index is 1030. The molecule has 150 valence electrons. The standard InChI is InChI=1S/C23H27N5O/c1-14-10-19-22(26-14)24-13-25-23(19)27-21-18-5-3-2-4-15(18)6-9-20(21)28-16-7-8-17(28)12-29-11-16/h2-5,10,13,16-17,20-21H,6-9,11-12H2,1H3,(H2,24,25,26,27)/t16?,17?,20-,21-/m0/s1. The molecule has 1 aromatic carbocycles. The molecule has 2 aliphatic heterocycles. The molecule has 2 bridgehead atoms. The Morgan fingerprint density at radius 2 is 1.93 bits per heavy atom. The van der Waals surface area contributed by atoms with Crippen molar-refractivity contribution in [1.29, 1.82) is 0 Å². The fourth-order valence-electron chi connectivity index (χ4n) is 5.77. The first-order valence-electron chi connectivity index (χ1n) is 10.8. The predicted molar refractivity (Wildman–Crippen MR) is 113 cm³/mol. The van der Waals surface area contributed by atoms with Crippen molar-refractivity contribution in [2.75, 3.05) is 18.5 Å². The third-order valence-corrected chi connectivity index (χ3v) is 7.02. The first-order chi connectivity index (χ1) is 14.3. The number of morpholine rings is 1. The minimum absolute atomic E-state index is 0.217. The normalized spacial score (nSPS) is 29.1. The molecular weight excluding hydrogens is 362 g/mol. The molecule has 0 saturated carbocycles. The lowest BCUT2D eigenvalue weighted by Crippen LogP contribution is -2.55. The summed E-state index contributed by atoms with van der Waals surface area (Å²) in [6, 6.07) is 12.8. The summed E-state index contributed by atoms with van der Waals surface area (Å²) in [4.78, 5) is 15.2. The molecule has 4 atom stereocenters. The van der Waals surface area contributed by atoms with Crippen LogP contribution in [0.1, 0.15) is 42.1 Å². The van der Waals surface area contributed by atoms with E-state index in [0.717, 1.165) is 42.2 Å². The Morgan fingerprint density at radius 1 is 1.10 bits per heavy atom. The number of aromatic amines is 1. The zero-order valence-corrected chi connectivity index (χ0v) is 16.8. The maximum absolute atomic E-state index is 5.87. The van der Waals surface area contributed by atoms with E-state index in [1.807, 2.05) is 0 Å². The van der Waals surface area contributed by atoms with Gasteiger partial charge in [-0.3, -0.25) is 4.90 Å². The monoisotopic (exact) mass is 389 g/mol. The number of fused-ring (bicyclic) bond motifs is 4. The molecule has 6 nitrogen and oxygen atoms in total. The topological polar surface area (TPSA) is 66.1 Å². The maximum Gasteiger partial charge on any atom is 0.143 e. The van der Waals surface area contributed by atoms with Crippen molar-refractivity contribution in [3.63, 3.8) is 0 Å². The number of nitrogens with zero attached hydrogens (tertiary/aromatic N) is 3. The zero-order valence-electron chi connectivity index (χ0n) is 16.8. The summed E-state index contributed by atoms with van der Waals surface area (Å²) in [6.07, 6.45) is 6.47. The number of ether oxygens (including phenoxy) is 1. The van der Waals surface area contributed by atoms with Gasteiger partial charge in [-0.1, -0.05) is 24.3 Å². The molecule has 6 heteroatoms. The Labute approximate surface area is 170 Å². The van der Waals surface area contributed by atoms with Crippen LogP contribution in [0.25, 0.3) is 11.0 Å². The van der Waals surface area contributed by atoms with Crippen LogP contribution in [0.3, 0.4) is 0 Å². The second kappa shape index (κ2) is 6.82. The van der Waals surface area contributed by atoms with Crippen LogP contribution in [0, 0.1) is 6.92 Å². The van der Waals surface area contributed by atoms with Gasteiger partial charge in [0.05, 0.1) is 24.6 Å². The molecule has 0 spiro atoms. The van der Waals surface area contributed by atoms with Crippen LogP contribution in [0.2, 0.25) is 0 Å². The van der Waals surface area contributed by atoms with Crippen molar-refractivity contribution >= 4 is 16.9 Å². The fraction of sp³-hybridized carbons (Fsp3) is 0.478. The van der Waals surface area contributed by atoms with Gasteiger partial charge in [0.1, 0.15) is 17.8 Å². The minimum Gasteiger partial charge on any atom is -0.378 e. The van der Waals surface area contributed by atoms with Crippen LogP contribution >= 0.6 is 0 Å². The van der Waals surface area contributed by atoms with E-state index in [0.29, 0.717) is 18.1 Å². The summed E-state index contributed by atoms with van der Waals surface area (Å²) in [5.41, 5.74) is 4.87. The van der Waals surface area contributed by atoms with Crippen molar-refractivity contribution in [3.8, 4) is 0 Å². The quantitative estimate of drug-likeness (QED) is 0.717. The summed E-state index contributed by atoms with van der Waals surface area (Å²) in [5, 5.41) is 4.92. The number of H-pyrrole nitrogens is 1. The lowest BCUT2D eigenvalue weighted by atomic mass is 9.82. The Morgan fingerprint density at radius 3 is 2.79 bits per heavy atom. The second-order valence-electron chi connectivity index (χ2n) is 8.73. The smallest absolute Gasteiger partial charge is 0.143 e. The van der Waals surface area contributed by atoms with Gasteiger partial charge in [0.15, 0.2) is 0 Å². The Balaban J connectivity index is 1.42. The molecule has 1 aliphatic carbocycles. The number of rotatable bonds is 3.